The lowest BCUT2D eigenvalue weighted by molar-refractivity contribution is -0.137. The van der Waals surface area contributed by atoms with Gasteiger partial charge in [0.25, 0.3) is 0 Å². The average molecular weight is 363 g/mol. The molecule has 26 heavy (non-hydrogen) atoms. The summed E-state index contributed by atoms with van der Waals surface area (Å²) in [5, 5.41) is 3.53. The van der Waals surface area contributed by atoms with Crippen LogP contribution in [0.3, 0.4) is 0 Å². The lowest BCUT2D eigenvalue weighted by Gasteiger charge is -2.12. The molecule has 5 nitrogen and oxygen atoms in total. The average Bonchev–Trinajstić information content (AvgIpc) is 3.04. The molecule has 0 aliphatic carbocycles. The quantitative estimate of drug-likeness (QED) is 0.709. The first kappa shape index (κ1) is 16.3. The van der Waals surface area contributed by atoms with Gasteiger partial charge >= 0.3 is 11.8 Å². The Kier molecular flexibility index (Phi) is 3.75. The van der Waals surface area contributed by atoms with E-state index in [9.17, 15) is 18.0 Å². The summed E-state index contributed by atoms with van der Waals surface area (Å²) in [4.78, 5) is 11.8. The van der Waals surface area contributed by atoms with Crippen LogP contribution in [0.5, 0.6) is 11.5 Å². The van der Waals surface area contributed by atoms with Gasteiger partial charge in [0, 0.05) is 29.8 Å². The fourth-order valence-electron chi connectivity index (χ4n) is 2.77. The minimum absolute atomic E-state index is 0.0771. The number of fused-ring (bicyclic) bond motifs is 2. The van der Waals surface area contributed by atoms with Crippen molar-refractivity contribution in [3.63, 3.8) is 0 Å². The molecule has 0 bridgehead atoms. The Hall–Kier alpha value is -3.16. The molecule has 134 valence electrons. The van der Waals surface area contributed by atoms with Crippen molar-refractivity contribution in [2.45, 2.75) is 12.7 Å². The first-order valence-electron chi connectivity index (χ1n) is 7.68. The fraction of sp³-hybridized carbons (Fsp3) is 0.167. The smallest absolute Gasteiger partial charge is 0.416 e. The Labute approximate surface area is 144 Å². The van der Waals surface area contributed by atoms with E-state index in [4.69, 9.17) is 13.9 Å². The van der Waals surface area contributed by atoms with E-state index in [2.05, 4.69) is 5.32 Å². The van der Waals surface area contributed by atoms with Gasteiger partial charge < -0.3 is 19.2 Å². The van der Waals surface area contributed by atoms with Crippen LogP contribution in [-0.2, 0) is 12.7 Å². The van der Waals surface area contributed by atoms with Crippen LogP contribution in [0.25, 0.3) is 11.0 Å². The number of alkyl halides is 3. The van der Waals surface area contributed by atoms with Crippen molar-refractivity contribution in [3.05, 3.63) is 64.0 Å². The summed E-state index contributed by atoms with van der Waals surface area (Å²) in [5.74, 6) is 0.996. The van der Waals surface area contributed by atoms with Crippen LogP contribution >= 0.6 is 0 Å². The number of halogens is 3. The molecule has 0 radical (unpaired) electrons. The van der Waals surface area contributed by atoms with Gasteiger partial charge in [0.05, 0.1) is 5.56 Å². The molecule has 0 saturated carbocycles. The minimum Gasteiger partial charge on any atom is -0.454 e. The van der Waals surface area contributed by atoms with Crippen molar-refractivity contribution in [1.29, 1.82) is 0 Å². The van der Waals surface area contributed by atoms with Gasteiger partial charge in [-0.3, -0.25) is 0 Å². The Morgan fingerprint density at radius 1 is 1.04 bits per heavy atom. The van der Waals surface area contributed by atoms with Gasteiger partial charge in [-0.2, -0.15) is 13.2 Å². The van der Waals surface area contributed by atoms with Crippen molar-refractivity contribution in [3.8, 4) is 11.5 Å². The van der Waals surface area contributed by atoms with E-state index in [-0.39, 0.29) is 13.3 Å². The molecule has 1 aromatic heterocycles. The van der Waals surface area contributed by atoms with E-state index in [0.717, 1.165) is 12.1 Å². The maximum atomic E-state index is 12.8. The summed E-state index contributed by atoms with van der Waals surface area (Å²) in [5.41, 5.74) is -0.114. The summed E-state index contributed by atoms with van der Waals surface area (Å²) in [6.45, 7) is 0.219. The predicted molar refractivity (Wildman–Crippen MR) is 87.4 cm³/mol. The summed E-state index contributed by atoms with van der Waals surface area (Å²) in [6, 6.07) is 9.40. The van der Waals surface area contributed by atoms with Gasteiger partial charge in [-0.05, 0) is 29.8 Å². The number of benzene rings is 2. The molecule has 0 saturated heterocycles. The number of ether oxygens (including phenoxy) is 2. The van der Waals surface area contributed by atoms with Crippen molar-refractivity contribution < 1.29 is 27.1 Å². The van der Waals surface area contributed by atoms with Crippen molar-refractivity contribution >= 4 is 16.7 Å². The standard InChI is InChI=1S/C18H12F3NO4/c19-18(20,21)11-2-1-3-12(5-11)22-8-10-4-17(23)26-14-7-16-15(6-13(10)14)24-9-25-16/h1-7,22H,8-9H2. The fourth-order valence-corrected chi connectivity index (χ4v) is 2.77. The van der Waals surface area contributed by atoms with Gasteiger partial charge in [0.2, 0.25) is 6.79 Å². The first-order valence-corrected chi connectivity index (χ1v) is 7.68. The van der Waals surface area contributed by atoms with E-state index < -0.39 is 17.4 Å². The van der Waals surface area contributed by atoms with Crippen LogP contribution in [-0.4, -0.2) is 6.79 Å². The second-order valence-corrected chi connectivity index (χ2v) is 5.72. The Bertz CT molecular complexity index is 1040. The minimum atomic E-state index is -4.42. The lowest BCUT2D eigenvalue weighted by Crippen LogP contribution is -2.08. The molecule has 1 N–H and O–H groups in total. The van der Waals surface area contributed by atoms with Crippen molar-refractivity contribution in [2.75, 3.05) is 12.1 Å². The third-order valence-electron chi connectivity index (χ3n) is 4.00. The van der Waals surface area contributed by atoms with Crippen molar-refractivity contribution in [2.24, 2.45) is 0 Å². The Balaban J connectivity index is 1.66. The largest absolute Gasteiger partial charge is 0.454 e. The number of hydrogen-bond acceptors (Lipinski definition) is 5. The molecule has 2 heterocycles. The molecule has 1 aliphatic rings. The summed E-state index contributed by atoms with van der Waals surface area (Å²) in [6.07, 6.45) is -4.42. The molecule has 4 rings (SSSR count). The lowest BCUT2D eigenvalue weighted by atomic mass is 10.1. The van der Waals surface area contributed by atoms with Gasteiger partial charge in [-0.1, -0.05) is 6.07 Å². The van der Waals surface area contributed by atoms with Crippen molar-refractivity contribution in [1.82, 2.24) is 0 Å². The van der Waals surface area contributed by atoms with E-state index >= 15 is 0 Å². The third kappa shape index (κ3) is 3.05. The van der Waals surface area contributed by atoms with Crippen LogP contribution in [0.2, 0.25) is 0 Å². The molecule has 0 atom stereocenters. The second-order valence-electron chi connectivity index (χ2n) is 5.72. The summed E-state index contributed by atoms with van der Waals surface area (Å²) >= 11 is 0. The van der Waals surface area contributed by atoms with E-state index in [1.165, 1.54) is 18.2 Å². The number of rotatable bonds is 3. The molecule has 0 amide bonds. The van der Waals surface area contributed by atoms with Crippen LogP contribution in [0.4, 0.5) is 18.9 Å². The van der Waals surface area contributed by atoms with Gasteiger partial charge in [0.1, 0.15) is 5.58 Å². The highest BCUT2D eigenvalue weighted by molar-refractivity contribution is 5.84. The van der Waals surface area contributed by atoms with Crippen LogP contribution in [0, 0.1) is 0 Å². The second kappa shape index (κ2) is 5.98. The van der Waals surface area contributed by atoms with E-state index in [1.807, 2.05) is 0 Å². The molecule has 0 fully saturated rings. The zero-order valence-corrected chi connectivity index (χ0v) is 13.2. The molecular weight excluding hydrogens is 351 g/mol. The van der Waals surface area contributed by atoms with E-state index in [1.54, 1.807) is 12.1 Å². The molecule has 2 aromatic carbocycles. The number of nitrogens with one attached hydrogen (secondary N) is 1. The van der Waals surface area contributed by atoms with Crippen LogP contribution < -0.4 is 20.4 Å². The normalized spacial score (nSPS) is 13.2. The highest BCUT2D eigenvalue weighted by Crippen LogP contribution is 2.37. The highest BCUT2D eigenvalue weighted by Gasteiger charge is 2.30. The molecular formula is C18H12F3NO4. The van der Waals surface area contributed by atoms with Gasteiger partial charge in [-0.25, -0.2) is 4.79 Å². The summed E-state index contributed by atoms with van der Waals surface area (Å²) < 4.78 is 54.2. The predicted octanol–water partition coefficient (Wildman–Crippen LogP) is 4.15. The molecule has 1 aliphatic heterocycles. The Morgan fingerprint density at radius 3 is 2.58 bits per heavy atom. The summed E-state index contributed by atoms with van der Waals surface area (Å²) in [7, 11) is 0. The topological polar surface area (TPSA) is 60.7 Å². The SMILES string of the molecule is O=c1cc(CNc2cccc(C(F)(F)F)c2)c2cc3c(cc2o1)OCO3. The zero-order valence-electron chi connectivity index (χ0n) is 13.2. The zero-order chi connectivity index (χ0) is 18.3. The van der Waals surface area contributed by atoms with Crippen LogP contribution in [0.15, 0.2) is 51.7 Å². The van der Waals surface area contributed by atoms with Gasteiger partial charge in [0.15, 0.2) is 11.5 Å². The molecule has 0 unspecified atom stereocenters. The molecule has 0 spiro atoms. The maximum absolute atomic E-state index is 12.8. The van der Waals surface area contributed by atoms with Crippen LogP contribution in [0.1, 0.15) is 11.1 Å². The first-order chi connectivity index (χ1) is 12.4. The molecule has 3 aromatic rings. The molecule has 8 heteroatoms. The number of anilines is 1. The Morgan fingerprint density at radius 2 is 1.81 bits per heavy atom. The van der Waals surface area contributed by atoms with Gasteiger partial charge in [-0.15, -0.1) is 0 Å². The maximum Gasteiger partial charge on any atom is 0.416 e. The van der Waals surface area contributed by atoms with E-state index in [0.29, 0.717) is 33.7 Å². The number of hydrogen-bond donors (Lipinski definition) is 1. The monoisotopic (exact) mass is 363 g/mol. The third-order valence-corrected chi connectivity index (χ3v) is 4.00. The highest BCUT2D eigenvalue weighted by atomic mass is 19.4.